The monoisotopic (exact) mass is 297 g/mol. The number of amides is 1. The number of benzene rings is 2. The Morgan fingerprint density at radius 1 is 1.14 bits per heavy atom. The molecule has 0 N–H and O–H groups in total. The van der Waals surface area contributed by atoms with Crippen molar-refractivity contribution in [1.29, 1.82) is 0 Å². The van der Waals surface area contributed by atoms with Gasteiger partial charge in [-0.05, 0) is 36.4 Å². The van der Waals surface area contributed by atoms with Crippen LogP contribution in [0.25, 0.3) is 0 Å². The van der Waals surface area contributed by atoms with Gasteiger partial charge in [-0.15, -0.1) is 0 Å². The molecule has 0 saturated heterocycles. The van der Waals surface area contributed by atoms with Gasteiger partial charge in [-0.3, -0.25) is 9.59 Å². The molecule has 0 radical (unpaired) electrons. The first kappa shape index (κ1) is 14.1. The van der Waals surface area contributed by atoms with E-state index in [4.69, 9.17) is 9.47 Å². The summed E-state index contributed by atoms with van der Waals surface area (Å²) in [5, 5.41) is 0. The Bertz CT molecular complexity index is 681. The summed E-state index contributed by atoms with van der Waals surface area (Å²) in [6.45, 7) is 1.02. The summed E-state index contributed by atoms with van der Waals surface area (Å²) < 4.78 is 11.1. The molecule has 5 nitrogen and oxygen atoms in total. The van der Waals surface area contributed by atoms with Crippen LogP contribution >= 0.6 is 0 Å². The average molecular weight is 297 g/mol. The summed E-state index contributed by atoms with van der Waals surface area (Å²) in [6.07, 6.45) is 0.783. The van der Waals surface area contributed by atoms with E-state index in [9.17, 15) is 9.59 Å². The van der Waals surface area contributed by atoms with Gasteiger partial charge in [0, 0.05) is 5.56 Å². The van der Waals surface area contributed by atoms with Crippen molar-refractivity contribution < 1.29 is 19.1 Å². The van der Waals surface area contributed by atoms with Crippen LogP contribution in [-0.2, 0) is 0 Å². The molecule has 0 atom stereocenters. The molecule has 2 aromatic rings. The Morgan fingerprint density at radius 3 is 2.68 bits per heavy atom. The zero-order valence-corrected chi connectivity index (χ0v) is 11.9. The number of rotatable bonds is 5. The highest BCUT2D eigenvalue weighted by atomic mass is 16.5. The molecule has 0 fully saturated rings. The predicted octanol–water partition coefficient (Wildman–Crippen LogP) is 2.37. The Hall–Kier alpha value is -2.82. The minimum atomic E-state index is -0.0539. The maximum atomic E-state index is 12.3. The average Bonchev–Trinajstić information content (AvgIpc) is 2.58. The normalized spacial score (nSPS) is 13.3. The maximum Gasteiger partial charge on any atom is 0.260 e. The van der Waals surface area contributed by atoms with Crippen LogP contribution in [0.2, 0.25) is 0 Å². The molecule has 0 aliphatic carbocycles. The van der Waals surface area contributed by atoms with Crippen molar-refractivity contribution in [2.75, 3.05) is 19.9 Å². The van der Waals surface area contributed by atoms with E-state index in [1.54, 1.807) is 41.3 Å². The second-order valence-electron chi connectivity index (χ2n) is 4.87. The predicted molar refractivity (Wildman–Crippen MR) is 80.3 cm³/mol. The molecule has 3 rings (SSSR count). The highest BCUT2D eigenvalue weighted by Crippen LogP contribution is 2.24. The molecule has 1 aliphatic rings. The first-order chi connectivity index (χ1) is 10.8. The summed E-state index contributed by atoms with van der Waals surface area (Å²) in [7, 11) is 0. The number of para-hydroxylation sites is 1. The molecule has 1 amide bonds. The largest absolute Gasteiger partial charge is 0.492 e. The van der Waals surface area contributed by atoms with E-state index < -0.39 is 0 Å². The van der Waals surface area contributed by atoms with E-state index >= 15 is 0 Å². The van der Waals surface area contributed by atoms with E-state index in [0.717, 1.165) is 6.29 Å². The minimum Gasteiger partial charge on any atom is -0.492 e. The van der Waals surface area contributed by atoms with Gasteiger partial charge in [0.05, 0.1) is 12.1 Å². The van der Waals surface area contributed by atoms with Crippen LogP contribution in [0.5, 0.6) is 11.5 Å². The van der Waals surface area contributed by atoms with Gasteiger partial charge < -0.3 is 14.4 Å². The van der Waals surface area contributed by atoms with Gasteiger partial charge in [-0.2, -0.15) is 0 Å². The van der Waals surface area contributed by atoms with Crippen LogP contribution in [-0.4, -0.2) is 37.0 Å². The fraction of sp³-hybridized carbons (Fsp3) is 0.176. The third-order valence-corrected chi connectivity index (χ3v) is 3.43. The van der Waals surface area contributed by atoms with Crippen molar-refractivity contribution in [1.82, 2.24) is 4.90 Å². The molecule has 0 unspecified atom stereocenters. The van der Waals surface area contributed by atoms with Crippen molar-refractivity contribution in [3.05, 3.63) is 59.7 Å². The highest BCUT2D eigenvalue weighted by molar-refractivity contribution is 5.97. The van der Waals surface area contributed by atoms with Crippen LogP contribution in [0, 0.1) is 0 Å². The van der Waals surface area contributed by atoms with Gasteiger partial charge in [0.25, 0.3) is 5.91 Å². The van der Waals surface area contributed by atoms with Gasteiger partial charge in [0.1, 0.15) is 24.4 Å². The smallest absolute Gasteiger partial charge is 0.260 e. The number of fused-ring (bicyclic) bond motifs is 1. The Balaban J connectivity index is 1.56. The molecule has 1 aliphatic heterocycles. The zero-order valence-electron chi connectivity index (χ0n) is 11.9. The lowest BCUT2D eigenvalue weighted by Gasteiger charge is -2.28. The molecule has 2 aromatic carbocycles. The van der Waals surface area contributed by atoms with E-state index in [1.165, 1.54) is 0 Å². The molecule has 112 valence electrons. The number of hydrogen-bond donors (Lipinski definition) is 0. The van der Waals surface area contributed by atoms with E-state index in [0.29, 0.717) is 35.8 Å². The summed E-state index contributed by atoms with van der Waals surface area (Å²) in [6, 6.07) is 14.0. The summed E-state index contributed by atoms with van der Waals surface area (Å²) in [5.41, 5.74) is 1.17. The van der Waals surface area contributed by atoms with Gasteiger partial charge in [0.15, 0.2) is 6.73 Å². The summed E-state index contributed by atoms with van der Waals surface area (Å²) in [5.74, 6) is 1.23. The second-order valence-corrected chi connectivity index (χ2v) is 4.87. The van der Waals surface area contributed by atoms with E-state index in [-0.39, 0.29) is 12.6 Å². The van der Waals surface area contributed by atoms with Crippen molar-refractivity contribution in [2.45, 2.75) is 0 Å². The van der Waals surface area contributed by atoms with Crippen LogP contribution in [0.4, 0.5) is 0 Å². The molecule has 1 heterocycles. The lowest BCUT2D eigenvalue weighted by atomic mass is 10.1. The van der Waals surface area contributed by atoms with E-state index in [1.807, 2.05) is 12.1 Å². The second kappa shape index (κ2) is 6.30. The molecule has 22 heavy (non-hydrogen) atoms. The molecule has 0 bridgehead atoms. The molecule has 0 aromatic heterocycles. The van der Waals surface area contributed by atoms with Crippen molar-refractivity contribution in [3.8, 4) is 11.5 Å². The SMILES string of the molecule is O=Cc1ccc(OCCN2COc3ccccc3C2=O)cc1. The number of ether oxygens (including phenoxy) is 2. The van der Waals surface area contributed by atoms with Crippen LogP contribution in [0.15, 0.2) is 48.5 Å². The number of carbonyl (C=O) groups excluding carboxylic acids is 2. The third-order valence-electron chi connectivity index (χ3n) is 3.43. The van der Waals surface area contributed by atoms with Gasteiger partial charge in [-0.25, -0.2) is 0 Å². The number of aldehydes is 1. The van der Waals surface area contributed by atoms with Crippen LogP contribution in [0.3, 0.4) is 0 Å². The third kappa shape index (κ3) is 2.93. The van der Waals surface area contributed by atoms with E-state index in [2.05, 4.69) is 0 Å². The minimum absolute atomic E-state index is 0.0539. The number of carbonyl (C=O) groups is 2. The highest BCUT2D eigenvalue weighted by Gasteiger charge is 2.24. The molecular weight excluding hydrogens is 282 g/mol. The summed E-state index contributed by atoms with van der Waals surface area (Å²) >= 11 is 0. The fourth-order valence-electron chi connectivity index (χ4n) is 2.23. The lowest BCUT2D eigenvalue weighted by molar-refractivity contribution is 0.0482. The van der Waals surface area contributed by atoms with Gasteiger partial charge >= 0.3 is 0 Å². The zero-order chi connectivity index (χ0) is 15.4. The number of nitrogens with zero attached hydrogens (tertiary/aromatic N) is 1. The first-order valence-electron chi connectivity index (χ1n) is 6.97. The molecule has 5 heteroatoms. The van der Waals surface area contributed by atoms with Gasteiger partial charge in [0.2, 0.25) is 0 Å². The molecular formula is C17H15NO4. The van der Waals surface area contributed by atoms with Crippen molar-refractivity contribution in [2.24, 2.45) is 0 Å². The van der Waals surface area contributed by atoms with Crippen LogP contribution in [0.1, 0.15) is 20.7 Å². The van der Waals surface area contributed by atoms with Crippen molar-refractivity contribution >= 4 is 12.2 Å². The molecule has 0 spiro atoms. The standard InChI is InChI=1S/C17H15NO4/c19-11-13-5-7-14(8-6-13)21-10-9-18-12-22-16-4-2-1-3-15(16)17(18)20/h1-8,11H,9-10,12H2. The lowest BCUT2D eigenvalue weighted by Crippen LogP contribution is -2.40. The number of hydrogen-bond acceptors (Lipinski definition) is 4. The van der Waals surface area contributed by atoms with Gasteiger partial charge in [-0.1, -0.05) is 12.1 Å². The van der Waals surface area contributed by atoms with Crippen molar-refractivity contribution in [3.63, 3.8) is 0 Å². The quantitative estimate of drug-likeness (QED) is 0.795. The Kier molecular flexibility index (Phi) is 4.05. The first-order valence-corrected chi connectivity index (χ1v) is 6.97. The van der Waals surface area contributed by atoms with Crippen LogP contribution < -0.4 is 9.47 Å². The fourth-order valence-corrected chi connectivity index (χ4v) is 2.23. The topological polar surface area (TPSA) is 55.8 Å². The molecule has 0 saturated carbocycles. The Morgan fingerprint density at radius 2 is 1.91 bits per heavy atom. The Labute approximate surface area is 128 Å². The summed E-state index contributed by atoms with van der Waals surface area (Å²) in [4.78, 5) is 24.5. The maximum absolute atomic E-state index is 12.3.